The minimum Gasteiger partial charge on any atom is -0.301 e. The average molecular weight is 136 g/mol. The van der Waals surface area contributed by atoms with Crippen LogP contribution in [0, 0.1) is 28.6 Å². The van der Waals surface area contributed by atoms with E-state index in [9.17, 15) is 0 Å². The van der Waals surface area contributed by atoms with Crippen LogP contribution < -0.4 is 5.32 Å². The molecule has 2 aliphatic rings. The zero-order valence-corrected chi connectivity index (χ0v) is 6.39. The second kappa shape index (κ2) is 1.54. The molecule has 2 rings (SSSR count). The van der Waals surface area contributed by atoms with E-state index in [0.717, 1.165) is 12.5 Å². The fourth-order valence-corrected chi connectivity index (χ4v) is 2.35. The summed E-state index contributed by atoms with van der Waals surface area (Å²) in [7, 11) is 0. The molecule has 2 heteroatoms. The molecule has 1 saturated heterocycles. The Morgan fingerprint density at radius 3 is 2.60 bits per heavy atom. The highest BCUT2D eigenvalue weighted by molar-refractivity contribution is 5.20. The van der Waals surface area contributed by atoms with Crippen molar-refractivity contribution in [3.63, 3.8) is 0 Å². The van der Waals surface area contributed by atoms with E-state index in [0.29, 0.717) is 11.3 Å². The lowest BCUT2D eigenvalue weighted by Crippen LogP contribution is -2.28. The van der Waals surface area contributed by atoms with E-state index < -0.39 is 0 Å². The van der Waals surface area contributed by atoms with Crippen molar-refractivity contribution >= 4 is 0 Å². The smallest absolute Gasteiger partial charge is 0.0990 e. The van der Waals surface area contributed by atoms with Gasteiger partial charge in [-0.2, -0.15) is 5.26 Å². The van der Waals surface area contributed by atoms with E-state index in [4.69, 9.17) is 5.26 Å². The lowest BCUT2D eigenvalue weighted by Gasteiger charge is -2.11. The SMILES string of the molecule is CC1(C)[C@@H]2[C@@H](C#N)NC[C@@H]21. The first-order valence-corrected chi connectivity index (χ1v) is 3.81. The summed E-state index contributed by atoms with van der Waals surface area (Å²) < 4.78 is 0. The van der Waals surface area contributed by atoms with E-state index >= 15 is 0 Å². The zero-order chi connectivity index (χ0) is 7.35. The molecule has 0 aromatic carbocycles. The van der Waals surface area contributed by atoms with Crippen molar-refractivity contribution in [2.75, 3.05) is 6.54 Å². The van der Waals surface area contributed by atoms with Crippen molar-refractivity contribution < 1.29 is 0 Å². The monoisotopic (exact) mass is 136 g/mol. The zero-order valence-electron chi connectivity index (χ0n) is 6.39. The third-order valence-corrected chi connectivity index (χ3v) is 3.20. The number of rotatable bonds is 0. The largest absolute Gasteiger partial charge is 0.301 e. The first kappa shape index (κ1) is 6.18. The maximum absolute atomic E-state index is 8.68. The fourth-order valence-electron chi connectivity index (χ4n) is 2.35. The van der Waals surface area contributed by atoms with Crippen molar-refractivity contribution in [2.24, 2.45) is 17.3 Å². The van der Waals surface area contributed by atoms with Gasteiger partial charge in [-0.25, -0.2) is 0 Å². The molecule has 1 aliphatic carbocycles. The lowest BCUT2D eigenvalue weighted by molar-refractivity contribution is 0.442. The molecule has 0 aromatic rings. The molecule has 0 spiro atoms. The molecule has 0 aromatic heterocycles. The molecule has 1 aliphatic heterocycles. The van der Waals surface area contributed by atoms with E-state index in [1.54, 1.807) is 0 Å². The maximum atomic E-state index is 8.68. The van der Waals surface area contributed by atoms with Gasteiger partial charge in [0.05, 0.1) is 12.1 Å². The van der Waals surface area contributed by atoms with Gasteiger partial charge in [-0.15, -0.1) is 0 Å². The van der Waals surface area contributed by atoms with Crippen LogP contribution in [0.2, 0.25) is 0 Å². The minimum atomic E-state index is 0.139. The third-order valence-electron chi connectivity index (χ3n) is 3.20. The van der Waals surface area contributed by atoms with Gasteiger partial charge >= 0.3 is 0 Å². The van der Waals surface area contributed by atoms with E-state index in [1.807, 2.05) is 0 Å². The van der Waals surface area contributed by atoms with Crippen LogP contribution in [0.5, 0.6) is 0 Å². The van der Waals surface area contributed by atoms with Gasteiger partial charge in [-0.3, -0.25) is 0 Å². The Morgan fingerprint density at radius 1 is 1.60 bits per heavy atom. The molecule has 2 nitrogen and oxygen atoms in total. The summed E-state index contributed by atoms with van der Waals surface area (Å²) in [5.41, 5.74) is 0.450. The van der Waals surface area contributed by atoms with Crippen molar-refractivity contribution in [2.45, 2.75) is 19.9 Å². The summed E-state index contributed by atoms with van der Waals surface area (Å²) in [5.74, 6) is 1.41. The summed E-state index contributed by atoms with van der Waals surface area (Å²) in [6.45, 7) is 5.57. The van der Waals surface area contributed by atoms with Crippen LogP contribution >= 0.6 is 0 Å². The first-order chi connectivity index (χ1) is 4.68. The van der Waals surface area contributed by atoms with Crippen molar-refractivity contribution in [3.05, 3.63) is 0 Å². The highest BCUT2D eigenvalue weighted by atomic mass is 15.0. The standard InChI is InChI=1S/C8H12N2/c1-8(2)5-4-10-6(3-9)7(5)8/h5-7,10H,4H2,1-2H3/t5-,6+,7-/m0/s1. The molecule has 2 fully saturated rings. The first-order valence-electron chi connectivity index (χ1n) is 3.81. The van der Waals surface area contributed by atoms with Gasteiger partial charge in [0, 0.05) is 6.54 Å². The van der Waals surface area contributed by atoms with Crippen LogP contribution in [0.3, 0.4) is 0 Å². The predicted octanol–water partition coefficient (Wildman–Crippen LogP) is 0.754. The van der Waals surface area contributed by atoms with Gasteiger partial charge < -0.3 is 5.32 Å². The Bertz CT molecular complexity index is 202. The van der Waals surface area contributed by atoms with Crippen LogP contribution in [0.15, 0.2) is 0 Å². The van der Waals surface area contributed by atoms with Crippen LogP contribution in [0.4, 0.5) is 0 Å². The number of piperidine rings is 1. The maximum Gasteiger partial charge on any atom is 0.0990 e. The van der Waals surface area contributed by atoms with Gasteiger partial charge in [0.15, 0.2) is 0 Å². The molecule has 54 valence electrons. The molecule has 0 unspecified atom stereocenters. The predicted molar refractivity (Wildman–Crippen MR) is 38.2 cm³/mol. The molecule has 0 radical (unpaired) electrons. The number of nitrogens with zero attached hydrogens (tertiary/aromatic N) is 1. The second-order valence-electron chi connectivity index (χ2n) is 3.97. The summed E-state index contributed by atoms with van der Waals surface area (Å²) >= 11 is 0. The molecule has 3 atom stereocenters. The van der Waals surface area contributed by atoms with E-state index in [-0.39, 0.29) is 6.04 Å². The van der Waals surface area contributed by atoms with Crippen LogP contribution in [0.1, 0.15) is 13.8 Å². The average Bonchev–Trinajstić information content (AvgIpc) is 2.28. The molecule has 0 bridgehead atoms. The molecule has 1 saturated carbocycles. The van der Waals surface area contributed by atoms with Crippen molar-refractivity contribution in [3.8, 4) is 6.07 Å². The summed E-state index contributed by atoms with van der Waals surface area (Å²) in [5, 5.41) is 11.9. The summed E-state index contributed by atoms with van der Waals surface area (Å²) in [6.07, 6.45) is 0. The number of hydrogen-bond acceptors (Lipinski definition) is 2. The second-order valence-corrected chi connectivity index (χ2v) is 3.97. The lowest BCUT2D eigenvalue weighted by atomic mass is 10.0. The number of hydrogen-bond donors (Lipinski definition) is 1. The molecule has 10 heavy (non-hydrogen) atoms. The van der Waals surface area contributed by atoms with Gasteiger partial charge in [0.2, 0.25) is 0 Å². The molecule has 1 heterocycles. The Labute approximate surface area is 61.2 Å². The number of nitriles is 1. The topological polar surface area (TPSA) is 35.8 Å². The highest BCUT2D eigenvalue weighted by Crippen LogP contribution is 2.62. The van der Waals surface area contributed by atoms with Gasteiger partial charge in [-0.1, -0.05) is 13.8 Å². The summed E-state index contributed by atoms with van der Waals surface area (Å²) in [4.78, 5) is 0. The molecular weight excluding hydrogens is 124 g/mol. The Kier molecular flexibility index (Phi) is 0.952. The molecular formula is C8H12N2. The van der Waals surface area contributed by atoms with Crippen LogP contribution in [-0.2, 0) is 0 Å². The molecule has 0 amide bonds. The number of fused-ring (bicyclic) bond motifs is 1. The van der Waals surface area contributed by atoms with E-state index in [2.05, 4.69) is 25.2 Å². The third kappa shape index (κ3) is 0.518. The quantitative estimate of drug-likeness (QED) is 0.533. The van der Waals surface area contributed by atoms with Gasteiger partial charge in [0.1, 0.15) is 0 Å². The van der Waals surface area contributed by atoms with Crippen molar-refractivity contribution in [1.82, 2.24) is 5.32 Å². The number of nitrogens with one attached hydrogen (secondary N) is 1. The summed E-state index contributed by atoms with van der Waals surface area (Å²) in [6, 6.07) is 2.44. The van der Waals surface area contributed by atoms with Crippen molar-refractivity contribution in [1.29, 1.82) is 5.26 Å². The van der Waals surface area contributed by atoms with Crippen LogP contribution in [-0.4, -0.2) is 12.6 Å². The Balaban J connectivity index is 2.16. The minimum absolute atomic E-state index is 0.139. The fraction of sp³-hybridized carbons (Fsp3) is 0.875. The Morgan fingerprint density at radius 2 is 2.30 bits per heavy atom. The van der Waals surface area contributed by atoms with Crippen LogP contribution in [0.25, 0.3) is 0 Å². The Hall–Kier alpha value is -0.550. The normalized spacial score (nSPS) is 47.9. The molecule has 1 N–H and O–H groups in total. The highest BCUT2D eigenvalue weighted by Gasteiger charge is 2.64. The van der Waals surface area contributed by atoms with E-state index in [1.165, 1.54) is 0 Å². The van der Waals surface area contributed by atoms with Gasteiger partial charge in [-0.05, 0) is 17.3 Å². The van der Waals surface area contributed by atoms with Gasteiger partial charge in [0.25, 0.3) is 0 Å².